The Hall–Kier alpha value is -2.46. The number of carbonyl (C=O) groups excluding carboxylic acids is 1. The Kier molecular flexibility index (Phi) is 4.36. The number of pyridine rings is 1. The van der Waals surface area contributed by atoms with E-state index in [4.69, 9.17) is 0 Å². The number of sulfonamides is 1. The molecule has 0 aromatic carbocycles. The van der Waals surface area contributed by atoms with E-state index in [0.29, 0.717) is 11.8 Å². The number of amides is 1. The highest BCUT2D eigenvalue weighted by Gasteiger charge is 2.47. The Morgan fingerprint density at radius 2 is 1.69 bits per heavy atom. The Morgan fingerprint density at radius 1 is 1.03 bits per heavy atom. The van der Waals surface area contributed by atoms with Crippen molar-refractivity contribution >= 4 is 21.6 Å². The van der Waals surface area contributed by atoms with Crippen LogP contribution in [-0.4, -0.2) is 77.6 Å². The lowest BCUT2D eigenvalue weighted by atomic mass is 10.0. The minimum Gasteiger partial charge on any atom is -0.371 e. The molecular weight excluding hydrogens is 392 g/mol. The highest BCUT2D eigenvalue weighted by atomic mass is 32.2. The van der Waals surface area contributed by atoms with E-state index in [1.54, 1.807) is 19.4 Å². The quantitative estimate of drug-likeness (QED) is 0.698. The fraction of sp³-hybridized carbons (Fsp3) is 0.526. The molecule has 29 heavy (non-hydrogen) atoms. The topological polar surface area (TPSA) is 91.6 Å². The summed E-state index contributed by atoms with van der Waals surface area (Å²) < 4.78 is 28.0. The highest BCUT2D eigenvalue weighted by molar-refractivity contribution is 7.89. The molecule has 0 bridgehead atoms. The van der Waals surface area contributed by atoms with Gasteiger partial charge in [-0.1, -0.05) is 0 Å². The maximum atomic E-state index is 12.9. The van der Waals surface area contributed by atoms with Crippen molar-refractivity contribution in [1.29, 1.82) is 0 Å². The number of carbonyl (C=O) groups is 1. The van der Waals surface area contributed by atoms with Gasteiger partial charge in [-0.3, -0.25) is 14.5 Å². The van der Waals surface area contributed by atoms with Gasteiger partial charge in [0, 0.05) is 82.4 Å². The summed E-state index contributed by atoms with van der Waals surface area (Å²) in [6, 6.07) is 4.05. The van der Waals surface area contributed by atoms with Crippen LogP contribution in [0.2, 0.25) is 0 Å². The number of aromatic nitrogens is 3. The monoisotopic (exact) mass is 416 g/mol. The summed E-state index contributed by atoms with van der Waals surface area (Å²) in [6.45, 7) is 3.93. The van der Waals surface area contributed by atoms with E-state index in [-0.39, 0.29) is 29.8 Å². The summed E-state index contributed by atoms with van der Waals surface area (Å²) in [5, 5.41) is 3.93. The van der Waals surface area contributed by atoms with Crippen LogP contribution in [0.25, 0.3) is 0 Å². The number of aryl methyl sites for hydroxylation is 1. The first-order valence-electron chi connectivity index (χ1n) is 9.84. The number of hydrogen-bond donors (Lipinski definition) is 0. The normalized spacial score (nSPS) is 25.3. The van der Waals surface area contributed by atoms with Crippen LogP contribution in [0.3, 0.4) is 0 Å². The molecule has 3 fully saturated rings. The van der Waals surface area contributed by atoms with Gasteiger partial charge in [-0.2, -0.15) is 9.40 Å². The number of fused-ring (bicyclic) bond motifs is 1. The zero-order valence-corrected chi connectivity index (χ0v) is 17.1. The molecule has 2 unspecified atom stereocenters. The van der Waals surface area contributed by atoms with Crippen molar-refractivity contribution in [2.45, 2.75) is 4.90 Å². The lowest BCUT2D eigenvalue weighted by Crippen LogP contribution is -2.56. The van der Waals surface area contributed by atoms with Crippen molar-refractivity contribution < 1.29 is 13.2 Å². The van der Waals surface area contributed by atoms with Crippen molar-refractivity contribution in [3.05, 3.63) is 36.9 Å². The first kappa shape index (κ1) is 18.6. The lowest BCUT2D eigenvalue weighted by Gasteiger charge is -2.38. The third-order valence-electron chi connectivity index (χ3n) is 6.34. The molecule has 3 saturated heterocycles. The molecule has 1 amide bonds. The lowest BCUT2D eigenvalue weighted by molar-refractivity contribution is -0.138. The predicted molar refractivity (Wildman–Crippen MR) is 105 cm³/mol. The summed E-state index contributed by atoms with van der Waals surface area (Å²) in [4.78, 5) is 21.4. The van der Waals surface area contributed by atoms with Crippen molar-refractivity contribution in [2.75, 3.05) is 44.2 Å². The van der Waals surface area contributed by atoms with Gasteiger partial charge < -0.3 is 9.80 Å². The van der Waals surface area contributed by atoms with Gasteiger partial charge in [0.25, 0.3) is 0 Å². The van der Waals surface area contributed by atoms with Crippen LogP contribution in [-0.2, 0) is 21.9 Å². The van der Waals surface area contributed by atoms with Crippen LogP contribution in [0.5, 0.6) is 0 Å². The third-order valence-corrected chi connectivity index (χ3v) is 8.13. The zero-order chi connectivity index (χ0) is 20.2. The molecule has 2 aromatic heterocycles. The van der Waals surface area contributed by atoms with Gasteiger partial charge in [-0.15, -0.1) is 0 Å². The van der Waals surface area contributed by atoms with E-state index in [2.05, 4.69) is 15.0 Å². The van der Waals surface area contributed by atoms with Gasteiger partial charge in [-0.25, -0.2) is 8.42 Å². The number of nitrogens with zero attached hydrogens (tertiary/aromatic N) is 6. The molecule has 0 radical (unpaired) electrons. The van der Waals surface area contributed by atoms with Crippen LogP contribution >= 0.6 is 0 Å². The molecule has 3 aliphatic heterocycles. The second-order valence-corrected chi connectivity index (χ2v) is 10.2. The molecule has 3 aliphatic rings. The molecule has 0 saturated carbocycles. The van der Waals surface area contributed by atoms with Crippen LogP contribution in [0, 0.1) is 17.8 Å². The SMILES string of the molecule is Cn1cc(S(=O)(=O)N2CC(C(=O)N3CC4CN(c5ccncc5)CC4C3)C2)cn1. The maximum Gasteiger partial charge on any atom is 0.246 e. The van der Waals surface area contributed by atoms with E-state index >= 15 is 0 Å². The van der Waals surface area contributed by atoms with E-state index in [0.717, 1.165) is 26.2 Å². The highest BCUT2D eigenvalue weighted by Crippen LogP contribution is 2.35. The van der Waals surface area contributed by atoms with Crippen molar-refractivity contribution in [3.63, 3.8) is 0 Å². The van der Waals surface area contributed by atoms with Gasteiger partial charge in [0.1, 0.15) is 4.90 Å². The Labute approximate surface area is 170 Å². The molecule has 0 spiro atoms. The van der Waals surface area contributed by atoms with Crippen molar-refractivity contribution in [2.24, 2.45) is 24.8 Å². The average Bonchev–Trinajstić information content (AvgIpc) is 3.35. The van der Waals surface area contributed by atoms with Crippen molar-refractivity contribution in [1.82, 2.24) is 24.0 Å². The first-order valence-corrected chi connectivity index (χ1v) is 11.3. The number of likely N-dealkylation sites (tertiary alicyclic amines) is 1. The largest absolute Gasteiger partial charge is 0.371 e. The minimum atomic E-state index is -3.56. The molecule has 5 rings (SSSR count). The summed E-state index contributed by atoms with van der Waals surface area (Å²) in [6.07, 6.45) is 6.45. The molecule has 9 nitrogen and oxygen atoms in total. The Morgan fingerprint density at radius 3 is 2.28 bits per heavy atom. The summed E-state index contributed by atoms with van der Waals surface area (Å²) in [7, 11) is -1.87. The van der Waals surface area contributed by atoms with Gasteiger partial charge in [-0.05, 0) is 12.1 Å². The van der Waals surface area contributed by atoms with Crippen LogP contribution < -0.4 is 4.90 Å². The van der Waals surface area contributed by atoms with E-state index in [1.165, 1.54) is 27.1 Å². The minimum absolute atomic E-state index is 0.0903. The summed E-state index contributed by atoms with van der Waals surface area (Å²) >= 11 is 0. The summed E-state index contributed by atoms with van der Waals surface area (Å²) in [5.74, 6) is 0.800. The number of rotatable bonds is 4. The molecule has 2 aromatic rings. The fourth-order valence-corrected chi connectivity index (χ4v) is 6.19. The van der Waals surface area contributed by atoms with E-state index < -0.39 is 10.0 Å². The van der Waals surface area contributed by atoms with Gasteiger partial charge in [0.15, 0.2) is 0 Å². The number of hydrogen-bond acceptors (Lipinski definition) is 6. The van der Waals surface area contributed by atoms with E-state index in [9.17, 15) is 13.2 Å². The average molecular weight is 417 g/mol. The predicted octanol–water partition coefficient (Wildman–Crippen LogP) is 0.0304. The van der Waals surface area contributed by atoms with Crippen LogP contribution in [0.1, 0.15) is 0 Å². The second-order valence-electron chi connectivity index (χ2n) is 8.24. The zero-order valence-electron chi connectivity index (χ0n) is 16.3. The van der Waals surface area contributed by atoms with Gasteiger partial charge >= 0.3 is 0 Å². The standard InChI is InChI=1S/C19H24N6O3S/c1-22-13-18(6-21-22)29(27,28)25-11-16(12-25)19(26)24-9-14-7-23(8-15(14)10-24)17-2-4-20-5-3-17/h2-6,13-16H,7-12H2,1H3. The summed E-state index contributed by atoms with van der Waals surface area (Å²) in [5.41, 5.74) is 1.18. The Balaban J connectivity index is 1.16. The molecule has 10 heteroatoms. The smallest absolute Gasteiger partial charge is 0.246 e. The van der Waals surface area contributed by atoms with Gasteiger partial charge in [0.2, 0.25) is 15.9 Å². The third kappa shape index (κ3) is 3.20. The van der Waals surface area contributed by atoms with E-state index in [1.807, 2.05) is 17.0 Å². The van der Waals surface area contributed by atoms with Crippen LogP contribution in [0.4, 0.5) is 5.69 Å². The first-order chi connectivity index (χ1) is 13.9. The van der Waals surface area contributed by atoms with Crippen LogP contribution in [0.15, 0.2) is 41.8 Å². The van der Waals surface area contributed by atoms with Gasteiger partial charge in [0.05, 0.1) is 12.1 Å². The fourth-order valence-electron chi connectivity index (χ4n) is 4.67. The molecule has 154 valence electrons. The second kappa shape index (κ2) is 6.81. The molecule has 0 aliphatic carbocycles. The molecule has 2 atom stereocenters. The maximum absolute atomic E-state index is 12.9. The van der Waals surface area contributed by atoms with Crippen molar-refractivity contribution in [3.8, 4) is 0 Å². The molecule has 0 N–H and O–H groups in total. The number of anilines is 1. The Bertz CT molecular complexity index is 1000. The molecular formula is C19H24N6O3S. The molecule has 5 heterocycles.